The third-order valence-corrected chi connectivity index (χ3v) is 6.90. The SMILES string of the molecule is Cc1ncc(-c2cc3c(-c4cc(=O)n(C)cc4Oc4c(C)cccc4C)cn(C)c(=O)c3[nH]2)s1. The Hall–Kier alpha value is -3.91. The van der Waals surface area contributed by atoms with Gasteiger partial charge < -0.3 is 18.9 Å². The quantitative estimate of drug-likeness (QED) is 0.396. The first-order chi connectivity index (χ1) is 16.2. The molecule has 34 heavy (non-hydrogen) atoms. The van der Waals surface area contributed by atoms with E-state index in [0.29, 0.717) is 16.8 Å². The summed E-state index contributed by atoms with van der Waals surface area (Å²) in [6.07, 6.45) is 5.25. The van der Waals surface area contributed by atoms with Crippen molar-refractivity contribution in [1.82, 2.24) is 19.1 Å². The summed E-state index contributed by atoms with van der Waals surface area (Å²) in [5.41, 5.74) is 4.32. The molecular formula is C26H24N4O3S. The van der Waals surface area contributed by atoms with E-state index in [0.717, 1.165) is 43.4 Å². The first kappa shape index (κ1) is 21.9. The molecular weight excluding hydrogens is 448 g/mol. The van der Waals surface area contributed by atoms with Gasteiger partial charge in [-0.05, 0) is 38.0 Å². The van der Waals surface area contributed by atoms with Crippen molar-refractivity contribution in [3.63, 3.8) is 0 Å². The number of benzene rings is 1. The van der Waals surface area contributed by atoms with E-state index in [9.17, 15) is 9.59 Å². The van der Waals surface area contributed by atoms with Gasteiger partial charge in [0.2, 0.25) is 0 Å². The number of hydrogen-bond donors (Lipinski definition) is 1. The van der Waals surface area contributed by atoms with E-state index < -0.39 is 0 Å². The predicted octanol–water partition coefficient (Wildman–Crippen LogP) is 5.07. The molecule has 0 saturated carbocycles. The molecule has 0 bridgehead atoms. The average molecular weight is 473 g/mol. The molecule has 0 saturated heterocycles. The molecule has 1 N–H and O–H groups in total. The Morgan fingerprint density at radius 3 is 2.38 bits per heavy atom. The van der Waals surface area contributed by atoms with Crippen molar-refractivity contribution in [2.24, 2.45) is 14.1 Å². The number of nitrogens with zero attached hydrogens (tertiary/aromatic N) is 3. The topological polar surface area (TPSA) is 81.9 Å². The molecule has 5 aromatic rings. The number of thiazole rings is 1. The fourth-order valence-corrected chi connectivity index (χ4v) is 4.88. The molecule has 0 fully saturated rings. The maximum atomic E-state index is 13.0. The largest absolute Gasteiger partial charge is 0.455 e. The number of pyridine rings is 2. The van der Waals surface area contributed by atoms with Crippen LogP contribution in [-0.4, -0.2) is 19.1 Å². The zero-order valence-corrected chi connectivity index (χ0v) is 20.4. The van der Waals surface area contributed by atoms with E-state index in [1.165, 1.54) is 9.13 Å². The Bertz CT molecular complexity index is 1670. The van der Waals surface area contributed by atoms with Gasteiger partial charge in [-0.1, -0.05) is 18.2 Å². The molecule has 0 aliphatic heterocycles. The second kappa shape index (κ2) is 8.14. The van der Waals surface area contributed by atoms with E-state index in [4.69, 9.17) is 4.74 Å². The third-order valence-electron chi connectivity index (χ3n) is 5.95. The van der Waals surface area contributed by atoms with E-state index >= 15 is 0 Å². The highest BCUT2D eigenvalue weighted by Gasteiger charge is 2.19. The number of fused-ring (bicyclic) bond motifs is 1. The van der Waals surface area contributed by atoms with Crippen LogP contribution < -0.4 is 15.9 Å². The number of nitrogens with one attached hydrogen (secondary N) is 1. The summed E-state index contributed by atoms with van der Waals surface area (Å²) >= 11 is 1.55. The molecule has 172 valence electrons. The molecule has 0 atom stereocenters. The Kier molecular flexibility index (Phi) is 5.25. The van der Waals surface area contributed by atoms with Crippen molar-refractivity contribution in [1.29, 1.82) is 0 Å². The molecule has 7 nitrogen and oxygen atoms in total. The molecule has 1 aromatic carbocycles. The summed E-state index contributed by atoms with van der Waals surface area (Å²) in [5.74, 6) is 1.29. The van der Waals surface area contributed by atoms with Crippen LogP contribution >= 0.6 is 11.3 Å². The van der Waals surface area contributed by atoms with Gasteiger partial charge in [-0.3, -0.25) is 9.59 Å². The van der Waals surface area contributed by atoms with Gasteiger partial charge in [0.05, 0.1) is 21.8 Å². The minimum absolute atomic E-state index is 0.146. The zero-order chi connectivity index (χ0) is 24.1. The molecule has 8 heteroatoms. The molecule has 4 aromatic heterocycles. The van der Waals surface area contributed by atoms with Gasteiger partial charge >= 0.3 is 0 Å². The number of rotatable bonds is 4. The van der Waals surface area contributed by atoms with E-state index in [1.54, 1.807) is 50.1 Å². The van der Waals surface area contributed by atoms with Crippen LogP contribution in [-0.2, 0) is 14.1 Å². The molecule has 0 spiro atoms. The molecule has 4 heterocycles. The summed E-state index contributed by atoms with van der Waals surface area (Å²) < 4.78 is 9.43. The Morgan fingerprint density at radius 1 is 0.971 bits per heavy atom. The zero-order valence-electron chi connectivity index (χ0n) is 19.6. The van der Waals surface area contributed by atoms with Gasteiger partial charge in [0.1, 0.15) is 11.3 Å². The smallest absolute Gasteiger partial charge is 0.274 e. The van der Waals surface area contributed by atoms with Gasteiger partial charge in [-0.2, -0.15) is 0 Å². The lowest BCUT2D eigenvalue weighted by Gasteiger charge is -2.17. The van der Waals surface area contributed by atoms with Gasteiger partial charge in [0.25, 0.3) is 11.1 Å². The maximum Gasteiger partial charge on any atom is 0.274 e. The fourth-order valence-electron chi connectivity index (χ4n) is 4.13. The number of ether oxygens (including phenoxy) is 1. The summed E-state index contributed by atoms with van der Waals surface area (Å²) in [6.45, 7) is 5.92. The van der Waals surface area contributed by atoms with Crippen molar-refractivity contribution in [3.8, 4) is 33.2 Å². The lowest BCUT2D eigenvalue weighted by molar-refractivity contribution is 0.470. The van der Waals surface area contributed by atoms with E-state index in [-0.39, 0.29) is 11.1 Å². The molecule has 0 aliphatic carbocycles. The Balaban J connectivity index is 1.77. The number of para-hydroxylation sites is 1. The minimum atomic E-state index is -0.167. The van der Waals surface area contributed by atoms with Crippen molar-refractivity contribution in [3.05, 3.63) is 85.8 Å². The highest BCUT2D eigenvalue weighted by Crippen LogP contribution is 2.39. The van der Waals surface area contributed by atoms with Crippen LogP contribution in [0.15, 0.2) is 58.5 Å². The predicted molar refractivity (Wildman–Crippen MR) is 136 cm³/mol. The van der Waals surface area contributed by atoms with Crippen molar-refractivity contribution < 1.29 is 4.74 Å². The maximum absolute atomic E-state index is 13.0. The minimum Gasteiger partial charge on any atom is -0.455 e. The van der Waals surface area contributed by atoms with Gasteiger partial charge in [0.15, 0.2) is 5.75 Å². The lowest BCUT2D eigenvalue weighted by atomic mass is 10.0. The van der Waals surface area contributed by atoms with Crippen molar-refractivity contribution in [2.45, 2.75) is 20.8 Å². The number of aryl methyl sites for hydroxylation is 5. The Morgan fingerprint density at radius 2 is 1.71 bits per heavy atom. The van der Waals surface area contributed by atoms with E-state index in [2.05, 4.69) is 9.97 Å². The second-order valence-electron chi connectivity index (χ2n) is 8.50. The summed E-state index contributed by atoms with van der Waals surface area (Å²) in [7, 11) is 3.40. The number of H-pyrrole nitrogens is 1. The van der Waals surface area contributed by atoms with Gasteiger partial charge in [-0.15, -0.1) is 11.3 Å². The third kappa shape index (κ3) is 3.66. The summed E-state index contributed by atoms with van der Waals surface area (Å²) in [6, 6.07) is 9.47. The monoisotopic (exact) mass is 472 g/mol. The van der Waals surface area contributed by atoms with Crippen LogP contribution in [0, 0.1) is 20.8 Å². The van der Waals surface area contributed by atoms with Gasteiger partial charge in [-0.25, -0.2) is 4.98 Å². The summed E-state index contributed by atoms with van der Waals surface area (Å²) in [5, 5.41) is 1.67. The molecule has 0 aliphatic rings. The average Bonchev–Trinajstić information content (AvgIpc) is 3.42. The van der Waals surface area contributed by atoms with Crippen molar-refractivity contribution >= 4 is 22.2 Å². The van der Waals surface area contributed by atoms with Crippen molar-refractivity contribution in [2.75, 3.05) is 0 Å². The normalized spacial score (nSPS) is 11.3. The van der Waals surface area contributed by atoms with Crippen LogP contribution in [0.5, 0.6) is 11.5 Å². The number of hydrogen-bond acceptors (Lipinski definition) is 5. The van der Waals surface area contributed by atoms with Crippen LogP contribution in [0.1, 0.15) is 16.1 Å². The number of aromatic nitrogens is 4. The highest BCUT2D eigenvalue weighted by molar-refractivity contribution is 7.15. The first-order valence-electron chi connectivity index (χ1n) is 10.8. The standard InChI is InChI=1S/C26H24N4O3S/c1-14-7-6-8-15(2)25(14)33-21-13-29(4)23(31)10-17(21)19-12-30(5)26(32)24-18(19)9-20(28-24)22-11-27-16(3)34-22/h6-13,28H,1-5H3. The highest BCUT2D eigenvalue weighted by atomic mass is 32.1. The fraction of sp³-hybridized carbons (Fsp3) is 0.192. The second-order valence-corrected chi connectivity index (χ2v) is 9.73. The van der Waals surface area contributed by atoms with Crippen LogP contribution in [0.3, 0.4) is 0 Å². The van der Waals surface area contributed by atoms with Crippen LogP contribution in [0.4, 0.5) is 0 Å². The van der Waals surface area contributed by atoms with Crippen LogP contribution in [0.2, 0.25) is 0 Å². The van der Waals surface area contributed by atoms with Gasteiger partial charge in [0, 0.05) is 49.1 Å². The molecule has 0 radical (unpaired) electrons. The Labute approximate surface area is 199 Å². The molecule has 0 amide bonds. The van der Waals surface area contributed by atoms with Crippen LogP contribution in [0.25, 0.3) is 32.6 Å². The lowest BCUT2D eigenvalue weighted by Crippen LogP contribution is -2.18. The summed E-state index contributed by atoms with van der Waals surface area (Å²) in [4.78, 5) is 34.2. The number of aromatic amines is 1. The molecule has 5 rings (SSSR count). The van der Waals surface area contributed by atoms with E-state index in [1.807, 2.05) is 45.0 Å². The molecule has 0 unspecified atom stereocenters. The first-order valence-corrected chi connectivity index (χ1v) is 11.6.